The van der Waals surface area contributed by atoms with Crippen molar-refractivity contribution in [3.8, 4) is 5.88 Å². The van der Waals surface area contributed by atoms with Crippen molar-refractivity contribution in [3.05, 3.63) is 18.3 Å². The summed E-state index contributed by atoms with van der Waals surface area (Å²) in [5.74, 6) is 0.0479. The number of pyridine rings is 1. The standard InChI is InChI=1S/C14H20F3N3O3S/c1-13(2,3)24(22)7-6-19-12(21)20-10-4-5-18-11(8-10)23-9-14(15,16)17/h4-5,8H,6-7,9H2,1-3H3,(H2,18,19,20,21)/t24-/m0/s1. The van der Waals surface area contributed by atoms with E-state index in [-0.39, 0.29) is 22.9 Å². The molecule has 10 heteroatoms. The highest BCUT2D eigenvalue weighted by atomic mass is 32.2. The highest BCUT2D eigenvalue weighted by Gasteiger charge is 2.28. The molecule has 0 aromatic carbocycles. The molecular weight excluding hydrogens is 347 g/mol. The number of aromatic nitrogens is 1. The molecule has 2 amide bonds. The smallest absolute Gasteiger partial charge is 0.422 e. The lowest BCUT2D eigenvalue weighted by Gasteiger charge is -2.17. The Hall–Kier alpha value is -1.84. The van der Waals surface area contributed by atoms with Crippen molar-refractivity contribution in [1.29, 1.82) is 0 Å². The Kier molecular flexibility index (Phi) is 7.00. The molecule has 1 rings (SSSR count). The molecule has 0 saturated heterocycles. The van der Waals surface area contributed by atoms with Crippen molar-refractivity contribution in [1.82, 2.24) is 10.3 Å². The van der Waals surface area contributed by atoms with Crippen LogP contribution in [0.15, 0.2) is 18.3 Å². The van der Waals surface area contributed by atoms with E-state index < -0.39 is 29.6 Å². The molecule has 24 heavy (non-hydrogen) atoms. The van der Waals surface area contributed by atoms with Crippen molar-refractivity contribution >= 4 is 22.5 Å². The summed E-state index contributed by atoms with van der Waals surface area (Å²) in [5.41, 5.74) is 0.233. The number of amides is 2. The number of anilines is 1. The van der Waals surface area contributed by atoms with Gasteiger partial charge in [0.15, 0.2) is 6.61 Å². The Balaban J connectivity index is 2.46. The Morgan fingerprint density at radius 2 is 2.00 bits per heavy atom. The Labute approximate surface area is 140 Å². The number of alkyl halides is 3. The molecule has 1 atom stereocenters. The van der Waals surface area contributed by atoms with E-state index in [2.05, 4.69) is 20.4 Å². The summed E-state index contributed by atoms with van der Waals surface area (Å²) < 4.78 is 52.2. The first kappa shape index (κ1) is 20.2. The van der Waals surface area contributed by atoms with E-state index in [1.165, 1.54) is 18.3 Å². The van der Waals surface area contributed by atoms with Crippen LogP contribution in [0.1, 0.15) is 20.8 Å². The maximum absolute atomic E-state index is 12.1. The number of carbonyl (C=O) groups is 1. The summed E-state index contributed by atoms with van der Waals surface area (Å²) in [6.07, 6.45) is -3.25. The zero-order chi connectivity index (χ0) is 18.4. The highest BCUT2D eigenvalue weighted by Crippen LogP contribution is 2.19. The molecule has 2 N–H and O–H groups in total. The molecule has 136 valence electrons. The third kappa shape index (κ3) is 8.14. The number of ether oxygens (including phenoxy) is 1. The predicted molar refractivity (Wildman–Crippen MR) is 85.6 cm³/mol. The SMILES string of the molecule is CC(C)(C)[S@@](=O)CCNC(=O)Nc1ccnc(OCC(F)(F)F)c1. The number of rotatable bonds is 6. The Bertz CT molecular complexity index is 589. The molecule has 0 saturated carbocycles. The predicted octanol–water partition coefficient (Wildman–Crippen LogP) is 2.69. The molecule has 0 bridgehead atoms. The second-order valence-electron chi connectivity index (χ2n) is 5.83. The largest absolute Gasteiger partial charge is 0.468 e. The van der Waals surface area contributed by atoms with Crippen LogP contribution in [-0.4, -0.2) is 45.1 Å². The number of nitrogens with zero attached hydrogens (tertiary/aromatic N) is 1. The lowest BCUT2D eigenvalue weighted by atomic mass is 10.3. The molecule has 0 unspecified atom stereocenters. The van der Waals surface area contributed by atoms with Crippen molar-refractivity contribution in [3.63, 3.8) is 0 Å². The molecule has 0 aliphatic carbocycles. The fraction of sp³-hybridized carbons (Fsp3) is 0.571. The Morgan fingerprint density at radius 3 is 2.58 bits per heavy atom. The summed E-state index contributed by atoms with van der Waals surface area (Å²) in [6, 6.07) is 2.03. The summed E-state index contributed by atoms with van der Waals surface area (Å²) >= 11 is 0. The molecule has 0 aliphatic rings. The quantitative estimate of drug-likeness (QED) is 0.810. The zero-order valence-electron chi connectivity index (χ0n) is 13.6. The minimum absolute atomic E-state index is 0.207. The van der Waals surface area contributed by atoms with Crippen LogP contribution in [-0.2, 0) is 10.8 Å². The van der Waals surface area contributed by atoms with Gasteiger partial charge in [0, 0.05) is 45.8 Å². The Morgan fingerprint density at radius 1 is 1.33 bits per heavy atom. The number of nitrogens with one attached hydrogen (secondary N) is 2. The zero-order valence-corrected chi connectivity index (χ0v) is 14.4. The molecule has 0 fully saturated rings. The number of hydrogen-bond donors (Lipinski definition) is 2. The second-order valence-corrected chi connectivity index (χ2v) is 8.15. The average Bonchev–Trinajstić information content (AvgIpc) is 2.43. The van der Waals surface area contributed by atoms with Crippen LogP contribution in [0.25, 0.3) is 0 Å². The van der Waals surface area contributed by atoms with E-state index >= 15 is 0 Å². The van der Waals surface area contributed by atoms with Gasteiger partial charge < -0.3 is 15.4 Å². The summed E-state index contributed by atoms with van der Waals surface area (Å²) in [5, 5.41) is 4.97. The van der Waals surface area contributed by atoms with Crippen LogP contribution in [0.5, 0.6) is 5.88 Å². The minimum Gasteiger partial charge on any atom is -0.468 e. The molecule has 1 aromatic rings. The molecular formula is C14H20F3N3O3S. The number of hydrogen-bond acceptors (Lipinski definition) is 4. The van der Waals surface area contributed by atoms with Gasteiger partial charge in [0.25, 0.3) is 0 Å². The van der Waals surface area contributed by atoms with Crippen LogP contribution in [0.4, 0.5) is 23.7 Å². The second kappa shape index (κ2) is 8.32. The van der Waals surface area contributed by atoms with Gasteiger partial charge in [-0.1, -0.05) is 0 Å². The molecule has 1 aromatic heterocycles. The van der Waals surface area contributed by atoms with Crippen LogP contribution >= 0.6 is 0 Å². The van der Waals surface area contributed by atoms with E-state index in [1.807, 2.05) is 20.8 Å². The van der Waals surface area contributed by atoms with E-state index in [4.69, 9.17) is 0 Å². The first-order chi connectivity index (χ1) is 11.0. The van der Waals surface area contributed by atoms with Crippen LogP contribution in [0, 0.1) is 0 Å². The molecule has 0 radical (unpaired) electrons. The van der Waals surface area contributed by atoms with E-state index in [1.54, 1.807) is 0 Å². The molecule has 1 heterocycles. The van der Waals surface area contributed by atoms with Gasteiger partial charge in [0.1, 0.15) is 0 Å². The monoisotopic (exact) mass is 367 g/mol. The van der Waals surface area contributed by atoms with Gasteiger partial charge in [-0.2, -0.15) is 13.2 Å². The van der Waals surface area contributed by atoms with Gasteiger partial charge in [-0.15, -0.1) is 0 Å². The van der Waals surface area contributed by atoms with E-state index in [0.29, 0.717) is 5.75 Å². The fourth-order valence-corrected chi connectivity index (χ4v) is 2.36. The normalized spacial score (nSPS) is 13.2. The lowest BCUT2D eigenvalue weighted by Crippen LogP contribution is -2.35. The van der Waals surface area contributed by atoms with Gasteiger partial charge in [-0.25, -0.2) is 9.78 Å². The maximum atomic E-state index is 12.1. The number of carbonyl (C=O) groups excluding carboxylic acids is 1. The van der Waals surface area contributed by atoms with Gasteiger partial charge in [-0.3, -0.25) is 4.21 Å². The first-order valence-corrected chi connectivity index (χ1v) is 8.38. The maximum Gasteiger partial charge on any atom is 0.422 e. The molecule has 0 spiro atoms. The average molecular weight is 367 g/mol. The minimum atomic E-state index is -4.47. The topological polar surface area (TPSA) is 80.3 Å². The van der Waals surface area contributed by atoms with E-state index in [9.17, 15) is 22.2 Å². The van der Waals surface area contributed by atoms with Crippen LogP contribution in [0.3, 0.4) is 0 Å². The van der Waals surface area contributed by atoms with Gasteiger partial charge >= 0.3 is 12.2 Å². The highest BCUT2D eigenvalue weighted by molar-refractivity contribution is 7.86. The molecule has 6 nitrogen and oxygen atoms in total. The third-order valence-electron chi connectivity index (χ3n) is 2.63. The van der Waals surface area contributed by atoms with Gasteiger partial charge in [-0.05, 0) is 26.8 Å². The first-order valence-electron chi connectivity index (χ1n) is 7.06. The lowest BCUT2D eigenvalue weighted by molar-refractivity contribution is -0.154. The van der Waals surface area contributed by atoms with Crippen molar-refractivity contribution in [2.75, 3.05) is 24.2 Å². The molecule has 0 aliphatic heterocycles. The van der Waals surface area contributed by atoms with Crippen molar-refractivity contribution in [2.24, 2.45) is 0 Å². The van der Waals surface area contributed by atoms with Crippen molar-refractivity contribution in [2.45, 2.75) is 31.7 Å². The fourth-order valence-electron chi connectivity index (χ4n) is 1.46. The van der Waals surface area contributed by atoms with E-state index in [0.717, 1.165) is 0 Å². The third-order valence-corrected chi connectivity index (χ3v) is 4.57. The van der Waals surface area contributed by atoms with Crippen LogP contribution in [0.2, 0.25) is 0 Å². The number of halogens is 3. The van der Waals surface area contributed by atoms with Gasteiger partial charge in [0.05, 0.1) is 0 Å². The summed E-state index contributed by atoms with van der Waals surface area (Å²) in [7, 11) is -1.09. The van der Waals surface area contributed by atoms with Crippen molar-refractivity contribution < 1.29 is 26.9 Å². The summed E-state index contributed by atoms with van der Waals surface area (Å²) in [6.45, 7) is 4.25. The van der Waals surface area contributed by atoms with Crippen LogP contribution < -0.4 is 15.4 Å². The number of urea groups is 1. The van der Waals surface area contributed by atoms with Gasteiger partial charge in [0.2, 0.25) is 5.88 Å². The summed E-state index contributed by atoms with van der Waals surface area (Å²) in [4.78, 5) is 15.3.